The van der Waals surface area contributed by atoms with Crippen molar-refractivity contribution in [2.24, 2.45) is 5.92 Å². The first-order chi connectivity index (χ1) is 9.90. The molecule has 0 amide bonds. The van der Waals surface area contributed by atoms with Crippen molar-refractivity contribution in [2.45, 2.75) is 25.4 Å². The largest absolute Gasteiger partial charge is 0.315 e. The minimum Gasteiger partial charge on any atom is -0.315 e. The Hall–Kier alpha value is -1.45. The van der Waals surface area contributed by atoms with Crippen LogP contribution in [0, 0.1) is 5.92 Å². The first-order valence-electron chi connectivity index (χ1n) is 7.68. The topological polar surface area (TPSA) is 28.2 Å². The number of fused-ring (bicyclic) bond motifs is 2. The molecule has 2 unspecified atom stereocenters. The highest BCUT2D eigenvalue weighted by molar-refractivity contribution is 5.78. The summed E-state index contributed by atoms with van der Waals surface area (Å²) >= 11 is 0. The maximum Gasteiger partial charge on any atom is 0.0702 e. The zero-order valence-corrected chi connectivity index (χ0v) is 11.8. The predicted octanol–water partition coefficient (Wildman–Crippen LogP) is 2.42. The van der Waals surface area contributed by atoms with Crippen LogP contribution >= 0.6 is 0 Å². The summed E-state index contributed by atoms with van der Waals surface area (Å²) in [4.78, 5) is 7.07. The molecule has 1 N–H and O–H groups in total. The number of rotatable bonds is 2. The van der Waals surface area contributed by atoms with Crippen molar-refractivity contribution >= 4 is 10.9 Å². The monoisotopic (exact) mass is 267 g/mol. The van der Waals surface area contributed by atoms with Gasteiger partial charge in [-0.2, -0.15) is 0 Å². The fourth-order valence-electron chi connectivity index (χ4n) is 3.82. The molecule has 3 heterocycles. The number of nitrogens with one attached hydrogen (secondary N) is 1. The lowest BCUT2D eigenvalue weighted by Crippen LogP contribution is -2.44. The number of likely N-dealkylation sites (tertiary alicyclic amines) is 1. The lowest BCUT2D eigenvalue weighted by molar-refractivity contribution is 0.117. The van der Waals surface area contributed by atoms with Gasteiger partial charge in [-0.15, -0.1) is 0 Å². The maximum atomic E-state index is 4.40. The molecule has 2 saturated heterocycles. The third-order valence-corrected chi connectivity index (χ3v) is 4.85. The van der Waals surface area contributed by atoms with Crippen LogP contribution in [-0.2, 0) is 6.54 Å². The van der Waals surface area contributed by atoms with E-state index in [0.29, 0.717) is 0 Å². The van der Waals surface area contributed by atoms with Crippen molar-refractivity contribution in [3.8, 4) is 0 Å². The number of piperidine rings is 1. The van der Waals surface area contributed by atoms with Gasteiger partial charge in [0.25, 0.3) is 0 Å². The first-order valence-corrected chi connectivity index (χ1v) is 7.68. The van der Waals surface area contributed by atoms with E-state index in [1.165, 1.54) is 43.4 Å². The zero-order valence-electron chi connectivity index (χ0n) is 11.8. The van der Waals surface area contributed by atoms with Gasteiger partial charge in [0.15, 0.2) is 0 Å². The molecule has 0 radical (unpaired) electrons. The van der Waals surface area contributed by atoms with Gasteiger partial charge in [0.2, 0.25) is 0 Å². The van der Waals surface area contributed by atoms with Crippen LogP contribution in [0.1, 0.15) is 18.4 Å². The molecule has 0 aliphatic carbocycles. The van der Waals surface area contributed by atoms with Crippen LogP contribution in [0.3, 0.4) is 0 Å². The van der Waals surface area contributed by atoms with Gasteiger partial charge in [-0.3, -0.25) is 9.88 Å². The van der Waals surface area contributed by atoms with Crippen molar-refractivity contribution in [2.75, 3.05) is 19.6 Å². The van der Waals surface area contributed by atoms with E-state index in [1.54, 1.807) is 0 Å². The molecule has 2 aromatic rings. The maximum absolute atomic E-state index is 4.40. The summed E-state index contributed by atoms with van der Waals surface area (Å²) in [6.45, 7) is 4.70. The SMILES string of the molecule is c1cnc2ccc(CN3CCCC4CNCC43)cc2c1. The van der Waals surface area contributed by atoms with Crippen LogP contribution in [0.5, 0.6) is 0 Å². The molecule has 3 heteroatoms. The van der Waals surface area contributed by atoms with Gasteiger partial charge in [-0.05, 0) is 55.6 Å². The lowest BCUT2D eigenvalue weighted by Gasteiger charge is -2.37. The molecule has 2 fully saturated rings. The van der Waals surface area contributed by atoms with E-state index >= 15 is 0 Å². The predicted molar refractivity (Wildman–Crippen MR) is 81.5 cm³/mol. The van der Waals surface area contributed by atoms with Gasteiger partial charge in [-0.1, -0.05) is 12.1 Å². The Balaban J connectivity index is 1.57. The van der Waals surface area contributed by atoms with Crippen LogP contribution in [0.15, 0.2) is 36.5 Å². The molecule has 2 aliphatic rings. The Morgan fingerprint density at radius 1 is 1.25 bits per heavy atom. The van der Waals surface area contributed by atoms with E-state index in [4.69, 9.17) is 0 Å². The molecule has 0 saturated carbocycles. The average molecular weight is 267 g/mol. The molecule has 1 aromatic carbocycles. The molecule has 0 spiro atoms. The molecule has 104 valence electrons. The quantitative estimate of drug-likeness (QED) is 0.905. The molecule has 2 atom stereocenters. The molecule has 20 heavy (non-hydrogen) atoms. The second-order valence-corrected chi connectivity index (χ2v) is 6.13. The molecular weight excluding hydrogens is 246 g/mol. The van der Waals surface area contributed by atoms with Gasteiger partial charge in [0.05, 0.1) is 5.52 Å². The Bertz CT molecular complexity index is 610. The summed E-state index contributed by atoms with van der Waals surface area (Å²) in [7, 11) is 0. The Morgan fingerprint density at radius 3 is 3.25 bits per heavy atom. The molecule has 2 aliphatic heterocycles. The van der Waals surface area contributed by atoms with Gasteiger partial charge in [0.1, 0.15) is 0 Å². The Kier molecular flexibility index (Phi) is 3.17. The Labute approximate surface area is 120 Å². The number of hydrogen-bond donors (Lipinski definition) is 1. The second kappa shape index (κ2) is 5.15. The van der Waals surface area contributed by atoms with E-state index in [2.05, 4.69) is 39.5 Å². The molecular formula is C17H21N3. The average Bonchev–Trinajstić information content (AvgIpc) is 2.97. The van der Waals surface area contributed by atoms with Crippen LogP contribution < -0.4 is 5.32 Å². The van der Waals surface area contributed by atoms with Crippen molar-refractivity contribution in [3.63, 3.8) is 0 Å². The highest BCUT2D eigenvalue weighted by Crippen LogP contribution is 2.28. The van der Waals surface area contributed by atoms with Gasteiger partial charge >= 0.3 is 0 Å². The number of hydrogen-bond acceptors (Lipinski definition) is 3. The van der Waals surface area contributed by atoms with E-state index in [0.717, 1.165) is 24.0 Å². The third-order valence-electron chi connectivity index (χ3n) is 4.85. The van der Waals surface area contributed by atoms with Crippen molar-refractivity contribution < 1.29 is 0 Å². The van der Waals surface area contributed by atoms with Crippen LogP contribution in [-0.4, -0.2) is 35.6 Å². The number of benzene rings is 1. The van der Waals surface area contributed by atoms with Crippen LogP contribution in [0.2, 0.25) is 0 Å². The summed E-state index contributed by atoms with van der Waals surface area (Å²) in [6.07, 6.45) is 4.61. The van der Waals surface area contributed by atoms with Crippen LogP contribution in [0.4, 0.5) is 0 Å². The van der Waals surface area contributed by atoms with Crippen LogP contribution in [0.25, 0.3) is 10.9 Å². The highest BCUT2D eigenvalue weighted by atomic mass is 15.2. The van der Waals surface area contributed by atoms with Crippen molar-refractivity contribution in [1.82, 2.24) is 15.2 Å². The van der Waals surface area contributed by atoms with E-state index in [-0.39, 0.29) is 0 Å². The molecule has 0 bridgehead atoms. The fraction of sp³-hybridized carbons (Fsp3) is 0.471. The summed E-state index contributed by atoms with van der Waals surface area (Å²) in [5, 5.41) is 4.81. The van der Waals surface area contributed by atoms with Gasteiger partial charge in [-0.25, -0.2) is 0 Å². The summed E-state index contributed by atoms with van der Waals surface area (Å²) in [5.74, 6) is 0.867. The minimum absolute atomic E-state index is 0.744. The number of nitrogens with zero attached hydrogens (tertiary/aromatic N) is 2. The smallest absolute Gasteiger partial charge is 0.0702 e. The lowest BCUT2D eigenvalue weighted by atomic mass is 9.91. The van der Waals surface area contributed by atoms with Gasteiger partial charge in [0, 0.05) is 30.7 Å². The first kappa shape index (κ1) is 12.3. The fourth-order valence-corrected chi connectivity index (χ4v) is 3.82. The van der Waals surface area contributed by atoms with E-state index in [9.17, 15) is 0 Å². The molecule has 4 rings (SSSR count). The third kappa shape index (κ3) is 2.21. The van der Waals surface area contributed by atoms with E-state index < -0.39 is 0 Å². The molecule has 1 aromatic heterocycles. The zero-order chi connectivity index (χ0) is 13.4. The summed E-state index contributed by atoms with van der Waals surface area (Å²) in [5.41, 5.74) is 2.51. The Morgan fingerprint density at radius 2 is 2.25 bits per heavy atom. The number of aromatic nitrogens is 1. The number of pyridine rings is 1. The summed E-state index contributed by atoms with van der Waals surface area (Å²) in [6, 6.07) is 11.6. The van der Waals surface area contributed by atoms with E-state index in [1.807, 2.05) is 12.3 Å². The molecule has 3 nitrogen and oxygen atoms in total. The minimum atomic E-state index is 0.744. The van der Waals surface area contributed by atoms with Crippen molar-refractivity contribution in [3.05, 3.63) is 42.1 Å². The standard InChI is InChI=1S/C17H21N3/c1-3-14-9-13(5-6-16(14)19-7-1)12-20-8-2-4-15-10-18-11-17(15)20/h1,3,5-7,9,15,17-18H,2,4,8,10-12H2. The normalized spacial score (nSPS) is 26.8. The second-order valence-electron chi connectivity index (χ2n) is 6.13. The highest BCUT2D eigenvalue weighted by Gasteiger charge is 2.34. The van der Waals surface area contributed by atoms with Crippen molar-refractivity contribution in [1.29, 1.82) is 0 Å². The summed E-state index contributed by atoms with van der Waals surface area (Å²) < 4.78 is 0. The van der Waals surface area contributed by atoms with Gasteiger partial charge < -0.3 is 5.32 Å².